The second kappa shape index (κ2) is 8.68. The third kappa shape index (κ3) is 3.64. The molecule has 0 aromatic rings. The Morgan fingerprint density at radius 1 is 0.938 bits per heavy atom. The topological polar surface area (TPSA) is 60.7 Å². The van der Waals surface area contributed by atoms with Crippen LogP contribution in [0.2, 0.25) is 0 Å². The van der Waals surface area contributed by atoms with Crippen molar-refractivity contribution < 1.29 is 15.3 Å². The minimum absolute atomic E-state index is 0.273. The number of fused-ring (bicyclic) bond motifs is 5. The molecular weight excluding hydrogens is 396 g/mol. The Labute approximate surface area is 197 Å². The van der Waals surface area contributed by atoms with Crippen molar-refractivity contribution in [2.24, 2.45) is 52.3 Å². The van der Waals surface area contributed by atoms with Gasteiger partial charge in [0.05, 0.1) is 17.8 Å². The molecule has 4 aliphatic rings. The van der Waals surface area contributed by atoms with Crippen LogP contribution in [0.15, 0.2) is 12.2 Å². The van der Waals surface area contributed by atoms with Gasteiger partial charge in [0, 0.05) is 11.8 Å². The molecule has 0 unspecified atom stereocenters. The summed E-state index contributed by atoms with van der Waals surface area (Å²) < 4.78 is 0. The standard InChI is InChI=1S/C29H50O3/c1-7-20(18(2)3)9-8-19(4)23-10-11-24-22-16-26(31)29(32)17-21(30)12-15-28(29,6)25(22)13-14-27(23,24)5/h8-9,18-26,30-32H,7,10-17H2,1-6H3/b9-8+/t19-,20-,21+,22+,23-,24+,25+,26+,27-,28-,29+/m1/s1. The van der Waals surface area contributed by atoms with Crippen LogP contribution in [-0.2, 0) is 0 Å². The molecule has 4 fully saturated rings. The van der Waals surface area contributed by atoms with Gasteiger partial charge in [-0.15, -0.1) is 0 Å². The number of hydrogen-bond donors (Lipinski definition) is 3. The summed E-state index contributed by atoms with van der Waals surface area (Å²) in [6.07, 6.45) is 12.7. The number of rotatable bonds is 5. The molecule has 0 amide bonds. The number of aliphatic hydroxyl groups excluding tert-OH is 2. The van der Waals surface area contributed by atoms with Crippen LogP contribution >= 0.6 is 0 Å². The van der Waals surface area contributed by atoms with Crippen LogP contribution in [0, 0.1) is 52.3 Å². The number of allylic oxidation sites excluding steroid dienone is 2. The SMILES string of the molecule is CC[C@H](/C=C/[C@@H](C)[C@H]1CC[C@H]2[C@@H]3C[C@H](O)[C@@]4(O)C[C@@H](O)CC[C@]4(C)[C@H]3CC[C@]12C)C(C)C. The molecule has 11 atom stereocenters. The van der Waals surface area contributed by atoms with Crippen LogP contribution in [0.5, 0.6) is 0 Å². The Morgan fingerprint density at radius 3 is 2.31 bits per heavy atom. The molecule has 0 aliphatic heterocycles. The van der Waals surface area contributed by atoms with Crippen LogP contribution in [-0.4, -0.2) is 33.1 Å². The average molecular weight is 447 g/mol. The summed E-state index contributed by atoms with van der Waals surface area (Å²) in [6, 6.07) is 0. The molecule has 0 bridgehead atoms. The summed E-state index contributed by atoms with van der Waals surface area (Å²) in [6.45, 7) is 14.2. The van der Waals surface area contributed by atoms with E-state index in [-0.39, 0.29) is 5.41 Å². The quantitative estimate of drug-likeness (QED) is 0.456. The van der Waals surface area contributed by atoms with Crippen molar-refractivity contribution in [1.29, 1.82) is 0 Å². The van der Waals surface area contributed by atoms with Gasteiger partial charge in [-0.2, -0.15) is 0 Å². The highest BCUT2D eigenvalue weighted by atomic mass is 16.3. The zero-order chi connectivity index (χ0) is 23.5. The molecule has 4 rings (SSSR count). The van der Waals surface area contributed by atoms with Gasteiger partial charge in [-0.3, -0.25) is 0 Å². The van der Waals surface area contributed by atoms with Gasteiger partial charge < -0.3 is 15.3 Å². The number of hydrogen-bond acceptors (Lipinski definition) is 3. The van der Waals surface area contributed by atoms with Gasteiger partial charge in [0.25, 0.3) is 0 Å². The molecule has 0 saturated heterocycles. The summed E-state index contributed by atoms with van der Waals surface area (Å²) in [5.74, 6) is 4.31. The highest BCUT2D eigenvalue weighted by molar-refractivity contribution is 5.17. The van der Waals surface area contributed by atoms with Crippen LogP contribution in [0.3, 0.4) is 0 Å². The monoisotopic (exact) mass is 446 g/mol. The van der Waals surface area contributed by atoms with E-state index in [1.54, 1.807) is 0 Å². The Kier molecular flexibility index (Phi) is 6.71. The zero-order valence-corrected chi connectivity index (χ0v) is 21.6. The fourth-order valence-corrected chi connectivity index (χ4v) is 9.45. The van der Waals surface area contributed by atoms with E-state index >= 15 is 0 Å². The first-order valence-electron chi connectivity index (χ1n) is 13.7. The lowest BCUT2D eigenvalue weighted by atomic mass is 9.42. The van der Waals surface area contributed by atoms with Gasteiger partial charge >= 0.3 is 0 Å². The summed E-state index contributed by atoms with van der Waals surface area (Å²) in [5.41, 5.74) is -1.06. The maximum Gasteiger partial charge on any atom is 0.0985 e. The average Bonchev–Trinajstić information content (AvgIpc) is 3.08. The molecular formula is C29H50O3. The zero-order valence-electron chi connectivity index (χ0n) is 21.6. The third-order valence-corrected chi connectivity index (χ3v) is 11.5. The lowest BCUT2D eigenvalue weighted by molar-refractivity contribution is -0.264. The molecule has 4 aliphatic carbocycles. The van der Waals surface area contributed by atoms with Crippen LogP contribution in [0.25, 0.3) is 0 Å². The van der Waals surface area contributed by atoms with Gasteiger partial charge in [-0.1, -0.05) is 53.7 Å². The van der Waals surface area contributed by atoms with Crippen molar-refractivity contribution in [3.63, 3.8) is 0 Å². The first-order chi connectivity index (χ1) is 15.0. The Bertz CT molecular complexity index is 703. The maximum atomic E-state index is 11.6. The molecule has 184 valence electrons. The van der Waals surface area contributed by atoms with Crippen LogP contribution in [0.4, 0.5) is 0 Å². The number of aliphatic hydroxyl groups is 3. The van der Waals surface area contributed by atoms with Crippen molar-refractivity contribution in [3.05, 3.63) is 12.2 Å². The summed E-state index contributed by atoms with van der Waals surface area (Å²) in [5, 5.41) is 33.2. The summed E-state index contributed by atoms with van der Waals surface area (Å²) >= 11 is 0. The lowest BCUT2D eigenvalue weighted by Gasteiger charge is -2.65. The van der Waals surface area contributed by atoms with Gasteiger partial charge in [0.2, 0.25) is 0 Å². The van der Waals surface area contributed by atoms with Crippen molar-refractivity contribution in [3.8, 4) is 0 Å². The Hall–Kier alpha value is -0.380. The highest BCUT2D eigenvalue weighted by Crippen LogP contribution is 2.69. The second-order valence-corrected chi connectivity index (χ2v) is 13.2. The fourth-order valence-electron chi connectivity index (χ4n) is 9.45. The first-order valence-corrected chi connectivity index (χ1v) is 13.7. The predicted molar refractivity (Wildman–Crippen MR) is 131 cm³/mol. The lowest BCUT2D eigenvalue weighted by Crippen LogP contribution is -2.68. The molecule has 0 heterocycles. The highest BCUT2D eigenvalue weighted by Gasteiger charge is 2.67. The molecule has 32 heavy (non-hydrogen) atoms. The van der Waals surface area contributed by atoms with E-state index in [0.717, 1.165) is 19.3 Å². The van der Waals surface area contributed by atoms with Crippen molar-refractivity contribution in [2.45, 2.75) is 117 Å². The normalized spacial score (nSPS) is 50.7. The Balaban J connectivity index is 1.56. The molecule has 0 radical (unpaired) electrons. The first kappa shape index (κ1) is 24.7. The van der Waals surface area contributed by atoms with Gasteiger partial charge in [0.1, 0.15) is 0 Å². The predicted octanol–water partition coefficient (Wildman–Crippen LogP) is 5.97. The van der Waals surface area contributed by atoms with E-state index in [2.05, 4.69) is 53.7 Å². The molecule has 0 spiro atoms. The van der Waals surface area contributed by atoms with E-state index in [0.29, 0.717) is 59.7 Å². The molecule has 0 aromatic heterocycles. The molecule has 3 nitrogen and oxygen atoms in total. The van der Waals surface area contributed by atoms with Crippen LogP contribution in [0.1, 0.15) is 99.3 Å². The van der Waals surface area contributed by atoms with Gasteiger partial charge in [-0.05, 0) is 98.2 Å². The second-order valence-electron chi connectivity index (χ2n) is 13.2. The molecule has 4 saturated carbocycles. The third-order valence-electron chi connectivity index (χ3n) is 11.5. The Morgan fingerprint density at radius 2 is 1.66 bits per heavy atom. The van der Waals surface area contributed by atoms with E-state index in [4.69, 9.17) is 0 Å². The van der Waals surface area contributed by atoms with E-state index in [1.807, 2.05) is 0 Å². The van der Waals surface area contributed by atoms with Crippen molar-refractivity contribution >= 4 is 0 Å². The van der Waals surface area contributed by atoms with Gasteiger partial charge in [-0.25, -0.2) is 0 Å². The maximum absolute atomic E-state index is 11.6. The fraction of sp³-hybridized carbons (Fsp3) is 0.931. The molecule has 0 aromatic carbocycles. The summed E-state index contributed by atoms with van der Waals surface area (Å²) in [4.78, 5) is 0. The smallest absolute Gasteiger partial charge is 0.0985 e. The van der Waals surface area contributed by atoms with Gasteiger partial charge in [0.15, 0.2) is 0 Å². The van der Waals surface area contributed by atoms with E-state index < -0.39 is 17.8 Å². The van der Waals surface area contributed by atoms with Crippen molar-refractivity contribution in [1.82, 2.24) is 0 Å². The van der Waals surface area contributed by atoms with E-state index in [9.17, 15) is 15.3 Å². The van der Waals surface area contributed by atoms with Crippen LogP contribution < -0.4 is 0 Å². The molecule has 3 heteroatoms. The van der Waals surface area contributed by atoms with Crippen molar-refractivity contribution in [2.75, 3.05) is 0 Å². The van der Waals surface area contributed by atoms with E-state index in [1.165, 1.54) is 25.7 Å². The largest absolute Gasteiger partial charge is 0.393 e. The molecule has 3 N–H and O–H groups in total. The minimum Gasteiger partial charge on any atom is -0.393 e. The summed E-state index contributed by atoms with van der Waals surface area (Å²) in [7, 11) is 0. The minimum atomic E-state index is -1.13.